The number of ether oxygens (including phenoxy) is 3. The average Bonchev–Trinajstić information content (AvgIpc) is 2.98. The van der Waals surface area contributed by atoms with Crippen molar-refractivity contribution in [3.05, 3.63) is 56.7 Å². The monoisotopic (exact) mass is 560 g/mol. The van der Waals surface area contributed by atoms with Crippen molar-refractivity contribution in [1.82, 2.24) is 19.5 Å². The van der Waals surface area contributed by atoms with Gasteiger partial charge in [-0.25, -0.2) is 9.78 Å². The number of fused-ring (bicyclic) bond motifs is 2. The summed E-state index contributed by atoms with van der Waals surface area (Å²) in [4.78, 5) is 43.8. The summed E-state index contributed by atoms with van der Waals surface area (Å²) in [5.74, 6) is 2.78. The van der Waals surface area contributed by atoms with Gasteiger partial charge < -0.3 is 29.0 Å². The molecule has 0 bridgehead atoms. The number of hydrogen-bond acceptors (Lipinski definition) is 9. The first-order chi connectivity index (χ1) is 20.0. The van der Waals surface area contributed by atoms with Crippen LogP contribution in [0.2, 0.25) is 0 Å². The van der Waals surface area contributed by atoms with E-state index in [0.29, 0.717) is 80.7 Å². The molecule has 0 spiro atoms. The molecule has 2 fully saturated rings. The second-order valence-corrected chi connectivity index (χ2v) is 10.4. The number of hydrogen-bond donors (Lipinski definition) is 1. The number of anilines is 2. The smallest absolute Gasteiger partial charge is 0.329 e. The summed E-state index contributed by atoms with van der Waals surface area (Å²) in [5, 5.41) is 1.45. The maximum atomic E-state index is 13.5. The van der Waals surface area contributed by atoms with Gasteiger partial charge in [-0.1, -0.05) is 12.1 Å². The number of H-pyrrole nitrogens is 1. The van der Waals surface area contributed by atoms with Gasteiger partial charge in [0, 0.05) is 43.7 Å². The maximum absolute atomic E-state index is 13.5. The molecule has 2 saturated heterocycles. The second kappa shape index (κ2) is 11.4. The minimum absolute atomic E-state index is 0.207. The van der Waals surface area contributed by atoms with Crippen molar-refractivity contribution in [1.29, 1.82) is 0 Å². The van der Waals surface area contributed by atoms with Crippen molar-refractivity contribution in [2.75, 3.05) is 62.4 Å². The van der Waals surface area contributed by atoms with Gasteiger partial charge in [0.1, 0.15) is 5.82 Å². The normalized spacial score (nSPS) is 16.5. The van der Waals surface area contributed by atoms with Crippen LogP contribution < -0.4 is 30.5 Å². The molecule has 0 saturated carbocycles. The molecule has 11 nitrogen and oxygen atoms in total. The van der Waals surface area contributed by atoms with Crippen LogP contribution in [0, 0.1) is 6.92 Å². The lowest BCUT2D eigenvalue weighted by Gasteiger charge is -2.35. The van der Waals surface area contributed by atoms with Gasteiger partial charge in [0.15, 0.2) is 11.5 Å². The van der Waals surface area contributed by atoms with E-state index in [0.717, 1.165) is 35.4 Å². The number of nitrogens with one attached hydrogen (secondary N) is 1. The highest BCUT2D eigenvalue weighted by atomic mass is 16.5. The number of morpholine rings is 1. The molecule has 0 aliphatic carbocycles. The third-order valence-electron chi connectivity index (χ3n) is 7.92. The molecule has 216 valence electrons. The molecule has 2 aromatic heterocycles. The maximum Gasteiger partial charge on any atom is 0.329 e. The van der Waals surface area contributed by atoms with E-state index < -0.39 is 0 Å². The Morgan fingerprint density at radius 3 is 2.37 bits per heavy atom. The Kier molecular flexibility index (Phi) is 7.53. The summed E-state index contributed by atoms with van der Waals surface area (Å²) in [6, 6.07) is 9.22. The molecule has 11 heteroatoms. The van der Waals surface area contributed by atoms with Gasteiger partial charge in [-0.05, 0) is 51.3 Å². The fourth-order valence-electron chi connectivity index (χ4n) is 5.90. The zero-order valence-electron chi connectivity index (χ0n) is 23.8. The lowest BCUT2D eigenvalue weighted by atomic mass is 10.0. The molecule has 0 atom stereocenters. The summed E-state index contributed by atoms with van der Waals surface area (Å²) < 4.78 is 18.8. The lowest BCUT2D eigenvalue weighted by molar-refractivity contribution is 0.122. The van der Waals surface area contributed by atoms with E-state index in [-0.39, 0.29) is 17.3 Å². The molecule has 2 aliphatic rings. The summed E-state index contributed by atoms with van der Waals surface area (Å²) in [7, 11) is 0. The number of aromatic amines is 1. The third-order valence-corrected chi connectivity index (χ3v) is 7.92. The molecular weight excluding hydrogens is 524 g/mol. The van der Waals surface area contributed by atoms with Gasteiger partial charge in [-0.2, -0.15) is 4.98 Å². The third kappa shape index (κ3) is 5.10. The Morgan fingerprint density at radius 2 is 1.66 bits per heavy atom. The van der Waals surface area contributed by atoms with Gasteiger partial charge in [0.05, 0.1) is 42.8 Å². The quantitative estimate of drug-likeness (QED) is 0.363. The Morgan fingerprint density at radius 1 is 0.951 bits per heavy atom. The van der Waals surface area contributed by atoms with Crippen molar-refractivity contribution in [2.45, 2.75) is 39.7 Å². The van der Waals surface area contributed by atoms with Gasteiger partial charge in [0.25, 0.3) is 5.56 Å². The Bertz CT molecular complexity index is 1690. The van der Waals surface area contributed by atoms with Crippen molar-refractivity contribution in [2.24, 2.45) is 0 Å². The SMILES string of the molecule is CCOc1cc2nc(N3CCOCC3)nc(N3CCC(n4c(=O)[nH]c5cccc(C)c5c4=O)CC3)c2cc1OCC. The van der Waals surface area contributed by atoms with Crippen LogP contribution in [0.3, 0.4) is 0 Å². The van der Waals surface area contributed by atoms with E-state index in [1.807, 2.05) is 45.0 Å². The van der Waals surface area contributed by atoms with Gasteiger partial charge >= 0.3 is 5.69 Å². The van der Waals surface area contributed by atoms with Crippen molar-refractivity contribution < 1.29 is 14.2 Å². The number of aromatic nitrogens is 4. The second-order valence-electron chi connectivity index (χ2n) is 10.4. The van der Waals surface area contributed by atoms with E-state index in [2.05, 4.69) is 14.8 Å². The topological polar surface area (TPSA) is 115 Å². The number of aryl methyl sites for hydroxylation is 1. The van der Waals surface area contributed by atoms with Gasteiger partial charge in [-0.3, -0.25) is 9.36 Å². The highest BCUT2D eigenvalue weighted by molar-refractivity contribution is 5.93. The van der Waals surface area contributed by atoms with Crippen LogP contribution in [0.4, 0.5) is 11.8 Å². The molecule has 2 aliphatic heterocycles. The highest BCUT2D eigenvalue weighted by Crippen LogP contribution is 2.38. The number of nitrogens with zero attached hydrogens (tertiary/aromatic N) is 5. The highest BCUT2D eigenvalue weighted by Gasteiger charge is 2.28. The molecule has 0 radical (unpaired) electrons. The minimum Gasteiger partial charge on any atom is -0.490 e. The Balaban J connectivity index is 1.37. The molecule has 0 amide bonds. The number of benzene rings is 2. The average molecular weight is 561 g/mol. The molecule has 2 aromatic carbocycles. The first-order valence-electron chi connectivity index (χ1n) is 14.4. The molecule has 4 heterocycles. The van der Waals surface area contributed by atoms with E-state index >= 15 is 0 Å². The van der Waals surface area contributed by atoms with E-state index in [4.69, 9.17) is 24.2 Å². The van der Waals surface area contributed by atoms with Crippen LogP contribution in [0.5, 0.6) is 11.5 Å². The fourth-order valence-corrected chi connectivity index (χ4v) is 5.90. The van der Waals surface area contributed by atoms with Crippen LogP contribution in [-0.2, 0) is 4.74 Å². The molecule has 4 aromatic rings. The Hall–Kier alpha value is -4.12. The molecule has 6 rings (SSSR count). The largest absolute Gasteiger partial charge is 0.490 e. The van der Waals surface area contributed by atoms with E-state index in [9.17, 15) is 9.59 Å². The number of rotatable bonds is 7. The van der Waals surface area contributed by atoms with Crippen molar-refractivity contribution in [3.63, 3.8) is 0 Å². The van der Waals surface area contributed by atoms with Crippen molar-refractivity contribution in [3.8, 4) is 11.5 Å². The summed E-state index contributed by atoms with van der Waals surface area (Å²) >= 11 is 0. The summed E-state index contributed by atoms with van der Waals surface area (Å²) in [5.41, 5.74) is 1.62. The number of piperidine rings is 1. The lowest BCUT2D eigenvalue weighted by Crippen LogP contribution is -2.44. The van der Waals surface area contributed by atoms with Crippen LogP contribution in [0.1, 0.15) is 38.3 Å². The zero-order chi connectivity index (χ0) is 28.5. The first-order valence-corrected chi connectivity index (χ1v) is 14.4. The molecule has 1 N–H and O–H groups in total. The van der Waals surface area contributed by atoms with Crippen LogP contribution >= 0.6 is 0 Å². The van der Waals surface area contributed by atoms with Crippen LogP contribution in [0.25, 0.3) is 21.8 Å². The minimum atomic E-state index is -0.363. The predicted octanol–water partition coefficient (Wildman–Crippen LogP) is 3.42. The van der Waals surface area contributed by atoms with Gasteiger partial charge in [0.2, 0.25) is 5.95 Å². The van der Waals surface area contributed by atoms with E-state index in [1.165, 1.54) is 4.57 Å². The fraction of sp³-hybridized carbons (Fsp3) is 0.467. The van der Waals surface area contributed by atoms with Crippen molar-refractivity contribution >= 4 is 33.6 Å². The standard InChI is InChI=1S/C30H36N6O5/c1-4-40-24-17-21-23(18-25(24)41-5-2)31-29(35-13-15-39-16-14-35)33-27(21)34-11-9-20(10-12-34)36-28(37)26-19(3)7-6-8-22(26)32-30(36)38/h6-8,17-18,20H,4-5,9-16H2,1-3H3,(H,32,38). The summed E-state index contributed by atoms with van der Waals surface area (Å²) in [6.45, 7) is 10.8. The van der Waals surface area contributed by atoms with E-state index in [1.54, 1.807) is 6.07 Å². The van der Waals surface area contributed by atoms with Crippen LogP contribution in [-0.4, -0.2) is 72.1 Å². The zero-order valence-corrected chi connectivity index (χ0v) is 23.8. The predicted molar refractivity (Wildman–Crippen MR) is 159 cm³/mol. The van der Waals surface area contributed by atoms with Crippen LogP contribution in [0.15, 0.2) is 39.9 Å². The molecular formula is C30H36N6O5. The summed E-state index contributed by atoms with van der Waals surface area (Å²) in [6.07, 6.45) is 1.27. The molecule has 0 unspecified atom stereocenters. The Labute approximate surface area is 237 Å². The first kappa shape index (κ1) is 27.1. The van der Waals surface area contributed by atoms with Gasteiger partial charge in [-0.15, -0.1) is 0 Å². The molecule has 41 heavy (non-hydrogen) atoms.